The van der Waals surface area contributed by atoms with Gasteiger partial charge in [-0.25, -0.2) is 0 Å². The van der Waals surface area contributed by atoms with Gasteiger partial charge in [-0.3, -0.25) is 4.79 Å². The average molecular weight is 221 g/mol. The van der Waals surface area contributed by atoms with Gasteiger partial charge in [0.05, 0.1) is 5.92 Å². The molecular weight excluding hydrogens is 202 g/mol. The van der Waals surface area contributed by atoms with Gasteiger partial charge in [-0.15, -0.1) is 0 Å². The Kier molecular flexibility index (Phi) is 3.62. The monoisotopic (exact) mass is 221 g/mol. The Morgan fingerprint density at radius 3 is 2.81 bits per heavy atom. The average Bonchev–Trinajstić information content (AvgIpc) is 2.88. The second-order valence-electron chi connectivity index (χ2n) is 4.45. The van der Waals surface area contributed by atoms with E-state index in [1.165, 1.54) is 0 Å². The normalized spacial score (nSPS) is 24.6. The maximum Gasteiger partial charge on any atom is 0.224 e. The second kappa shape index (κ2) is 5.16. The molecule has 2 rings (SSSR count). The Bertz CT molecular complexity index is 334. The molecule has 1 amide bonds. The molecule has 2 heterocycles. The Balaban J connectivity index is 1.71. The number of nitrogens with zero attached hydrogens (tertiary/aromatic N) is 1. The molecule has 0 aliphatic carbocycles. The van der Waals surface area contributed by atoms with Crippen LogP contribution in [0, 0.1) is 11.8 Å². The van der Waals surface area contributed by atoms with Gasteiger partial charge < -0.3 is 15.2 Å². The SMILES string of the molecule is C[C@@H]1CNC[C@H]1C(=O)NCCn1cccc1. The summed E-state index contributed by atoms with van der Waals surface area (Å²) in [7, 11) is 0. The third-order valence-corrected chi connectivity index (χ3v) is 3.19. The number of hydrogen-bond donors (Lipinski definition) is 2. The van der Waals surface area contributed by atoms with Crippen LogP contribution in [-0.2, 0) is 11.3 Å². The molecule has 0 spiro atoms. The highest BCUT2D eigenvalue weighted by Gasteiger charge is 2.28. The lowest BCUT2D eigenvalue weighted by Gasteiger charge is -2.14. The molecule has 16 heavy (non-hydrogen) atoms. The van der Waals surface area contributed by atoms with Gasteiger partial charge >= 0.3 is 0 Å². The van der Waals surface area contributed by atoms with Crippen LogP contribution in [0.2, 0.25) is 0 Å². The van der Waals surface area contributed by atoms with Crippen LogP contribution in [0.25, 0.3) is 0 Å². The molecule has 0 unspecified atom stereocenters. The quantitative estimate of drug-likeness (QED) is 0.776. The molecular formula is C12H19N3O. The molecule has 4 heteroatoms. The standard InChI is InChI=1S/C12H19N3O/c1-10-8-13-9-11(10)12(16)14-4-7-15-5-2-3-6-15/h2-3,5-6,10-11,13H,4,7-9H2,1H3,(H,14,16)/t10-,11-/m1/s1. The van der Waals surface area contributed by atoms with E-state index in [2.05, 4.69) is 22.1 Å². The predicted molar refractivity (Wildman–Crippen MR) is 63.0 cm³/mol. The van der Waals surface area contributed by atoms with Gasteiger partial charge in [0.1, 0.15) is 0 Å². The fourth-order valence-corrected chi connectivity index (χ4v) is 2.12. The molecule has 2 atom stereocenters. The van der Waals surface area contributed by atoms with Gasteiger partial charge in [0.2, 0.25) is 5.91 Å². The van der Waals surface area contributed by atoms with Gasteiger partial charge in [0.15, 0.2) is 0 Å². The molecule has 4 nitrogen and oxygen atoms in total. The largest absolute Gasteiger partial charge is 0.354 e. The zero-order valence-corrected chi connectivity index (χ0v) is 9.65. The molecule has 0 radical (unpaired) electrons. The number of amides is 1. The Labute approximate surface area is 96.0 Å². The molecule has 0 bridgehead atoms. The lowest BCUT2D eigenvalue weighted by Crippen LogP contribution is -2.36. The number of aromatic nitrogens is 1. The zero-order valence-electron chi connectivity index (χ0n) is 9.65. The van der Waals surface area contributed by atoms with E-state index in [1.807, 2.05) is 24.5 Å². The minimum Gasteiger partial charge on any atom is -0.354 e. The zero-order chi connectivity index (χ0) is 11.4. The van der Waals surface area contributed by atoms with Crippen LogP contribution in [0.3, 0.4) is 0 Å². The molecule has 1 aliphatic rings. The minimum atomic E-state index is 0.143. The predicted octanol–water partition coefficient (Wildman–Crippen LogP) is 0.460. The van der Waals surface area contributed by atoms with Crippen LogP contribution in [0.15, 0.2) is 24.5 Å². The van der Waals surface area contributed by atoms with Crippen molar-refractivity contribution in [3.05, 3.63) is 24.5 Å². The summed E-state index contributed by atoms with van der Waals surface area (Å²) in [6, 6.07) is 3.98. The number of rotatable bonds is 4. The maximum atomic E-state index is 11.8. The summed E-state index contributed by atoms with van der Waals surface area (Å²) in [5, 5.41) is 6.23. The Morgan fingerprint density at radius 2 is 2.19 bits per heavy atom. The first-order valence-corrected chi connectivity index (χ1v) is 5.86. The Morgan fingerprint density at radius 1 is 1.44 bits per heavy atom. The van der Waals surface area contributed by atoms with Crippen molar-refractivity contribution in [1.29, 1.82) is 0 Å². The highest BCUT2D eigenvalue weighted by Crippen LogP contribution is 2.15. The van der Waals surface area contributed by atoms with Crippen LogP contribution in [0.5, 0.6) is 0 Å². The van der Waals surface area contributed by atoms with E-state index < -0.39 is 0 Å². The lowest BCUT2D eigenvalue weighted by atomic mass is 9.97. The van der Waals surface area contributed by atoms with Crippen LogP contribution in [0.4, 0.5) is 0 Å². The molecule has 1 aromatic rings. The van der Waals surface area contributed by atoms with E-state index >= 15 is 0 Å². The third-order valence-electron chi connectivity index (χ3n) is 3.19. The van der Waals surface area contributed by atoms with Crippen molar-refractivity contribution in [2.75, 3.05) is 19.6 Å². The summed E-state index contributed by atoms with van der Waals surface area (Å²) >= 11 is 0. The van der Waals surface area contributed by atoms with E-state index in [1.54, 1.807) is 0 Å². The number of nitrogens with one attached hydrogen (secondary N) is 2. The van der Waals surface area contributed by atoms with Gasteiger partial charge in [-0.2, -0.15) is 0 Å². The molecule has 2 N–H and O–H groups in total. The van der Waals surface area contributed by atoms with Crippen LogP contribution in [0.1, 0.15) is 6.92 Å². The number of carbonyl (C=O) groups excluding carboxylic acids is 1. The topological polar surface area (TPSA) is 46.1 Å². The third kappa shape index (κ3) is 2.64. The van der Waals surface area contributed by atoms with Crippen molar-refractivity contribution in [2.24, 2.45) is 11.8 Å². The van der Waals surface area contributed by atoms with Crippen LogP contribution < -0.4 is 10.6 Å². The van der Waals surface area contributed by atoms with Crippen molar-refractivity contribution in [3.63, 3.8) is 0 Å². The van der Waals surface area contributed by atoms with Crippen molar-refractivity contribution in [1.82, 2.24) is 15.2 Å². The first-order valence-electron chi connectivity index (χ1n) is 5.86. The summed E-state index contributed by atoms with van der Waals surface area (Å²) in [5.74, 6) is 0.779. The fourth-order valence-electron chi connectivity index (χ4n) is 2.12. The lowest BCUT2D eigenvalue weighted by molar-refractivity contribution is -0.125. The molecule has 1 aliphatic heterocycles. The van der Waals surface area contributed by atoms with Crippen LogP contribution >= 0.6 is 0 Å². The van der Waals surface area contributed by atoms with Crippen molar-refractivity contribution in [3.8, 4) is 0 Å². The highest BCUT2D eigenvalue weighted by molar-refractivity contribution is 5.79. The first-order chi connectivity index (χ1) is 7.77. The van der Waals surface area contributed by atoms with Gasteiger partial charge in [0.25, 0.3) is 0 Å². The summed E-state index contributed by atoms with van der Waals surface area (Å²) in [6.07, 6.45) is 4.01. The van der Waals surface area contributed by atoms with Crippen molar-refractivity contribution >= 4 is 5.91 Å². The fraction of sp³-hybridized carbons (Fsp3) is 0.583. The molecule has 88 valence electrons. The van der Waals surface area contributed by atoms with E-state index in [4.69, 9.17) is 0 Å². The van der Waals surface area contributed by atoms with Gasteiger partial charge in [-0.1, -0.05) is 6.92 Å². The van der Waals surface area contributed by atoms with Crippen molar-refractivity contribution < 1.29 is 4.79 Å². The molecule has 1 saturated heterocycles. The van der Waals surface area contributed by atoms with E-state index in [0.29, 0.717) is 12.5 Å². The van der Waals surface area contributed by atoms with E-state index in [9.17, 15) is 4.79 Å². The molecule has 0 aromatic carbocycles. The smallest absolute Gasteiger partial charge is 0.224 e. The second-order valence-corrected chi connectivity index (χ2v) is 4.45. The minimum absolute atomic E-state index is 0.143. The summed E-state index contributed by atoms with van der Waals surface area (Å²) in [4.78, 5) is 11.8. The van der Waals surface area contributed by atoms with Crippen molar-refractivity contribution in [2.45, 2.75) is 13.5 Å². The number of hydrogen-bond acceptors (Lipinski definition) is 2. The summed E-state index contributed by atoms with van der Waals surface area (Å²) in [5.41, 5.74) is 0. The number of carbonyl (C=O) groups is 1. The summed E-state index contributed by atoms with van der Waals surface area (Å²) in [6.45, 7) is 5.44. The molecule has 1 aromatic heterocycles. The van der Waals surface area contributed by atoms with E-state index in [0.717, 1.165) is 19.6 Å². The molecule has 1 fully saturated rings. The first kappa shape index (κ1) is 11.2. The maximum absolute atomic E-state index is 11.8. The van der Waals surface area contributed by atoms with Gasteiger partial charge in [-0.05, 0) is 24.6 Å². The highest BCUT2D eigenvalue weighted by atomic mass is 16.1. The summed E-state index contributed by atoms with van der Waals surface area (Å²) < 4.78 is 2.07. The van der Waals surface area contributed by atoms with Gasteiger partial charge in [0, 0.05) is 32.0 Å². The molecule has 0 saturated carbocycles. The van der Waals surface area contributed by atoms with E-state index in [-0.39, 0.29) is 11.8 Å². The Hall–Kier alpha value is -1.29. The van der Waals surface area contributed by atoms with Crippen LogP contribution in [-0.4, -0.2) is 30.1 Å².